The molecule has 0 aromatic heterocycles. The van der Waals surface area contributed by atoms with Crippen LogP contribution in [0.2, 0.25) is 5.02 Å². The molecule has 1 saturated carbocycles. The summed E-state index contributed by atoms with van der Waals surface area (Å²) in [5, 5.41) is 0.754. The van der Waals surface area contributed by atoms with Crippen molar-refractivity contribution in [3.05, 3.63) is 99.6 Å². The quantitative estimate of drug-likeness (QED) is 0.157. The van der Waals surface area contributed by atoms with Gasteiger partial charge in [-0.1, -0.05) is 136 Å². The van der Waals surface area contributed by atoms with Crippen LogP contribution in [-0.2, 0) is 4.79 Å². The highest BCUT2D eigenvalue weighted by molar-refractivity contribution is 6.35. The van der Waals surface area contributed by atoms with Gasteiger partial charge in [0.25, 0.3) is 0 Å². The van der Waals surface area contributed by atoms with E-state index in [1.807, 2.05) is 60.8 Å². The minimum atomic E-state index is 0.0185. The second kappa shape index (κ2) is 26.0. The number of allylic oxidation sites excluding steroid dienone is 4. The van der Waals surface area contributed by atoms with Crippen LogP contribution in [-0.4, -0.2) is 19.0 Å². The summed E-state index contributed by atoms with van der Waals surface area (Å²) in [6.07, 6.45) is 10.8. The molecular formula is C44H70ClNO. The molecule has 0 saturated heterocycles. The van der Waals surface area contributed by atoms with Crippen LogP contribution in [0.1, 0.15) is 148 Å². The molecule has 0 N–H and O–H groups in total. The summed E-state index contributed by atoms with van der Waals surface area (Å²) in [5.74, 6) is 1.04. The van der Waals surface area contributed by atoms with Crippen LogP contribution >= 0.6 is 11.6 Å². The third-order valence-corrected chi connectivity index (χ3v) is 8.69. The van der Waals surface area contributed by atoms with Gasteiger partial charge >= 0.3 is 0 Å². The Balaban J connectivity index is -0.000000791. The molecule has 2 aromatic carbocycles. The van der Waals surface area contributed by atoms with E-state index < -0.39 is 0 Å². The fraction of sp³-hybridized carbons (Fsp3) is 0.500. The molecule has 0 amide bonds. The normalized spacial score (nSPS) is 12.3. The first-order chi connectivity index (χ1) is 22.2. The van der Waals surface area contributed by atoms with Crippen LogP contribution in [0.3, 0.4) is 0 Å². The van der Waals surface area contributed by atoms with E-state index in [0.717, 1.165) is 60.9 Å². The maximum Gasteiger partial charge on any atom is 0.152 e. The minimum Gasteiger partial charge on any atom is -0.296 e. The Bertz CT molecular complexity index is 1310. The number of halogens is 1. The molecular weight excluding hydrogens is 594 g/mol. The van der Waals surface area contributed by atoms with E-state index in [1.165, 1.54) is 49.8 Å². The van der Waals surface area contributed by atoms with E-state index in [1.54, 1.807) is 7.05 Å². The van der Waals surface area contributed by atoms with Crippen LogP contribution in [0.25, 0.3) is 17.2 Å². The summed E-state index contributed by atoms with van der Waals surface area (Å²) < 4.78 is 0. The molecule has 0 spiro atoms. The Kier molecular flexibility index (Phi) is 26.8. The van der Waals surface area contributed by atoms with Crippen molar-refractivity contribution >= 4 is 40.8 Å². The van der Waals surface area contributed by atoms with Gasteiger partial charge in [-0.3, -0.25) is 9.79 Å². The van der Waals surface area contributed by atoms with Crippen LogP contribution < -0.4 is 0 Å². The summed E-state index contributed by atoms with van der Waals surface area (Å²) in [6.45, 7) is 42.5. The minimum absolute atomic E-state index is 0.0185. The molecule has 3 rings (SSSR count). The van der Waals surface area contributed by atoms with Crippen molar-refractivity contribution in [3.8, 4) is 0 Å². The van der Waals surface area contributed by atoms with Crippen molar-refractivity contribution in [3.63, 3.8) is 0 Å². The molecule has 0 heterocycles. The van der Waals surface area contributed by atoms with Gasteiger partial charge in [0.05, 0.1) is 5.02 Å². The molecule has 0 atom stereocenters. The molecule has 0 bridgehead atoms. The zero-order chi connectivity index (χ0) is 37.5. The van der Waals surface area contributed by atoms with E-state index >= 15 is 0 Å². The Hall–Kier alpha value is -2.97. The van der Waals surface area contributed by atoms with Crippen LogP contribution in [0.5, 0.6) is 0 Å². The van der Waals surface area contributed by atoms with Gasteiger partial charge in [-0.05, 0) is 117 Å². The van der Waals surface area contributed by atoms with Crippen molar-refractivity contribution < 1.29 is 4.79 Å². The summed E-state index contributed by atoms with van der Waals surface area (Å²) in [4.78, 5) is 14.0. The average molecular weight is 665 g/mol. The zero-order valence-corrected chi connectivity index (χ0v) is 34.1. The monoisotopic (exact) mass is 664 g/mol. The average Bonchev–Trinajstić information content (AvgIpc) is 3.06. The second-order valence-electron chi connectivity index (χ2n) is 11.7. The third-order valence-electron chi connectivity index (χ3n) is 8.20. The number of benzene rings is 2. The van der Waals surface area contributed by atoms with Crippen molar-refractivity contribution in [2.75, 3.05) is 7.05 Å². The lowest BCUT2D eigenvalue weighted by atomic mass is 9.60. The number of nitrogens with zero attached hydrogens (tertiary/aromatic N) is 1. The number of ketones is 1. The molecule has 0 unspecified atom stereocenters. The van der Waals surface area contributed by atoms with Gasteiger partial charge in [-0.25, -0.2) is 0 Å². The van der Waals surface area contributed by atoms with Crippen molar-refractivity contribution in [2.24, 2.45) is 16.3 Å². The Morgan fingerprint density at radius 2 is 1.40 bits per heavy atom. The molecule has 1 aliphatic rings. The fourth-order valence-electron chi connectivity index (χ4n) is 5.66. The molecule has 3 heteroatoms. The summed E-state index contributed by atoms with van der Waals surface area (Å²) in [5.41, 5.74) is 11.6. The maximum absolute atomic E-state index is 9.69. The smallest absolute Gasteiger partial charge is 0.152 e. The van der Waals surface area contributed by atoms with Crippen LogP contribution in [0.4, 0.5) is 0 Å². The molecule has 264 valence electrons. The topological polar surface area (TPSA) is 29.4 Å². The first-order valence-electron chi connectivity index (χ1n) is 17.7. The number of hydrogen-bond acceptors (Lipinski definition) is 2. The molecule has 0 aliphatic heterocycles. The van der Waals surface area contributed by atoms with E-state index in [4.69, 9.17) is 11.6 Å². The first-order valence-corrected chi connectivity index (χ1v) is 18.1. The lowest BCUT2D eigenvalue weighted by molar-refractivity contribution is -0.112. The zero-order valence-electron chi connectivity index (χ0n) is 33.3. The molecule has 47 heavy (non-hydrogen) atoms. The third kappa shape index (κ3) is 15.2. The van der Waals surface area contributed by atoms with Gasteiger partial charge < -0.3 is 0 Å². The Morgan fingerprint density at radius 3 is 1.74 bits per heavy atom. The maximum atomic E-state index is 9.69. The standard InChI is InChI=1S/C25H28ClN.C9H18.C4H6O.3C2H6/c1-9-20-13-21(11-10-16(20)4)19(7)23(15(2)3)24-22(14-27-8)17(5)12-18(6)25(24)26;1-4-9(5-2)6-8(3)7-9;1-3-4(2)5;3*1-2/h9-14H,1,7H2,2-6,8H3;8H,4-7H2,1-3H3;3H,1H2,2H3;3*1-2H3. The first kappa shape index (κ1) is 48.4. The number of aliphatic imine (C=N–C) groups is 1. The van der Waals surface area contributed by atoms with Gasteiger partial charge in [0, 0.05) is 24.4 Å². The number of hydrogen-bond donors (Lipinski definition) is 0. The van der Waals surface area contributed by atoms with Gasteiger partial charge in [0.15, 0.2) is 5.78 Å². The largest absolute Gasteiger partial charge is 0.296 e. The number of carbonyl (C=O) groups is 1. The van der Waals surface area contributed by atoms with E-state index in [9.17, 15) is 4.79 Å². The van der Waals surface area contributed by atoms with Crippen molar-refractivity contribution in [1.29, 1.82) is 0 Å². The van der Waals surface area contributed by atoms with E-state index in [-0.39, 0.29) is 5.78 Å². The van der Waals surface area contributed by atoms with Gasteiger partial charge in [0.1, 0.15) is 0 Å². The van der Waals surface area contributed by atoms with Crippen molar-refractivity contribution in [2.45, 2.75) is 130 Å². The van der Waals surface area contributed by atoms with E-state index in [0.29, 0.717) is 0 Å². The number of rotatable bonds is 8. The predicted molar refractivity (Wildman–Crippen MR) is 219 cm³/mol. The molecule has 2 nitrogen and oxygen atoms in total. The number of carbonyl (C=O) groups excluding carboxylic acids is 1. The van der Waals surface area contributed by atoms with Gasteiger partial charge in [-0.15, -0.1) is 0 Å². The molecule has 1 aliphatic carbocycles. The molecule has 0 radical (unpaired) electrons. The summed E-state index contributed by atoms with van der Waals surface area (Å²) in [6, 6.07) is 8.46. The van der Waals surface area contributed by atoms with Crippen molar-refractivity contribution in [1.82, 2.24) is 0 Å². The van der Waals surface area contributed by atoms with E-state index in [2.05, 4.69) is 97.5 Å². The van der Waals surface area contributed by atoms with Crippen LogP contribution in [0.15, 0.2) is 60.6 Å². The Morgan fingerprint density at radius 1 is 0.915 bits per heavy atom. The SMILES string of the molecule is C=CC(C)=O.C=Cc1cc(C(=C)C(=C(C)C)c2c(Cl)c(C)cc(C)c2C=NC)ccc1C.CC.CC.CC.CCC1(CC)CC(C)C1. The fourth-order valence-corrected chi connectivity index (χ4v) is 5.91. The summed E-state index contributed by atoms with van der Waals surface area (Å²) >= 11 is 6.81. The molecule has 2 aromatic rings. The highest BCUT2D eigenvalue weighted by Crippen LogP contribution is 2.50. The van der Waals surface area contributed by atoms with Gasteiger partial charge in [-0.2, -0.15) is 0 Å². The number of aryl methyl sites for hydroxylation is 3. The highest BCUT2D eigenvalue weighted by Gasteiger charge is 2.38. The Labute approximate surface area is 297 Å². The second-order valence-corrected chi connectivity index (χ2v) is 12.0. The van der Waals surface area contributed by atoms with Gasteiger partial charge in [0.2, 0.25) is 0 Å². The molecule has 1 fully saturated rings. The predicted octanol–water partition coefficient (Wildman–Crippen LogP) is 14.5. The lowest BCUT2D eigenvalue weighted by Gasteiger charge is -2.45. The highest BCUT2D eigenvalue weighted by atomic mass is 35.5. The summed E-state index contributed by atoms with van der Waals surface area (Å²) in [7, 11) is 1.78. The lowest BCUT2D eigenvalue weighted by Crippen LogP contribution is -2.34. The van der Waals surface area contributed by atoms with Crippen LogP contribution in [0, 0.1) is 32.1 Å².